The van der Waals surface area contributed by atoms with Gasteiger partial charge in [-0.2, -0.15) is 0 Å². The number of benzene rings is 1. The number of esters is 1. The fourth-order valence-electron chi connectivity index (χ4n) is 1.41. The summed E-state index contributed by atoms with van der Waals surface area (Å²) in [6.07, 6.45) is 5.00. The van der Waals surface area contributed by atoms with E-state index in [-0.39, 0.29) is 30.0 Å². The van der Waals surface area contributed by atoms with Crippen LogP contribution in [0.15, 0.2) is 18.2 Å². The van der Waals surface area contributed by atoms with Crippen LogP contribution < -0.4 is 5.32 Å². The highest BCUT2D eigenvalue weighted by Crippen LogP contribution is 2.18. The Labute approximate surface area is 115 Å². The van der Waals surface area contributed by atoms with Crippen molar-refractivity contribution in [3.05, 3.63) is 39.4 Å². The number of nitrogens with one attached hydrogen (secondary N) is 1. The van der Waals surface area contributed by atoms with Crippen LogP contribution in [0.3, 0.4) is 0 Å². The number of nitro groups is 1. The van der Waals surface area contributed by atoms with E-state index in [9.17, 15) is 19.7 Å². The quantitative estimate of drug-likeness (QED) is 0.376. The molecule has 1 aromatic carbocycles. The van der Waals surface area contributed by atoms with Crippen LogP contribution in [0.25, 0.3) is 0 Å². The van der Waals surface area contributed by atoms with Gasteiger partial charge in [-0.15, -0.1) is 6.42 Å². The van der Waals surface area contributed by atoms with Gasteiger partial charge in [0.2, 0.25) is 0 Å². The van der Waals surface area contributed by atoms with Crippen LogP contribution in [-0.4, -0.2) is 30.0 Å². The third-order valence-corrected chi connectivity index (χ3v) is 2.25. The first-order valence-electron chi connectivity index (χ1n) is 5.67. The summed E-state index contributed by atoms with van der Waals surface area (Å²) in [4.78, 5) is 33.4. The number of rotatable bonds is 5. The van der Waals surface area contributed by atoms with Crippen molar-refractivity contribution in [2.24, 2.45) is 0 Å². The minimum Gasteiger partial charge on any atom is -0.462 e. The Morgan fingerprint density at radius 1 is 1.40 bits per heavy atom. The molecule has 0 saturated carbocycles. The van der Waals surface area contributed by atoms with E-state index in [1.807, 2.05) is 0 Å². The first kappa shape index (κ1) is 15.2. The largest absolute Gasteiger partial charge is 0.462 e. The summed E-state index contributed by atoms with van der Waals surface area (Å²) in [6.45, 7) is 1.71. The third kappa shape index (κ3) is 3.81. The van der Waals surface area contributed by atoms with E-state index >= 15 is 0 Å². The Kier molecular flexibility index (Phi) is 5.23. The molecule has 0 fully saturated rings. The summed E-state index contributed by atoms with van der Waals surface area (Å²) in [5, 5.41) is 13.2. The molecule has 0 aliphatic heterocycles. The topological polar surface area (TPSA) is 98.5 Å². The van der Waals surface area contributed by atoms with Crippen LogP contribution in [0.1, 0.15) is 27.6 Å². The van der Waals surface area contributed by atoms with Crippen LogP contribution in [0.5, 0.6) is 0 Å². The number of nitro benzene ring substituents is 1. The zero-order valence-corrected chi connectivity index (χ0v) is 10.7. The SMILES string of the molecule is C#CCNC(=O)c1cc(C(=O)OCC)cc([N+](=O)[O-])c1. The highest BCUT2D eigenvalue weighted by molar-refractivity contribution is 5.99. The summed E-state index contributed by atoms with van der Waals surface area (Å²) < 4.78 is 4.75. The molecular weight excluding hydrogens is 264 g/mol. The lowest BCUT2D eigenvalue weighted by atomic mass is 10.1. The van der Waals surface area contributed by atoms with Gasteiger partial charge in [0.15, 0.2) is 0 Å². The lowest BCUT2D eigenvalue weighted by Gasteiger charge is -2.05. The van der Waals surface area contributed by atoms with Crippen molar-refractivity contribution >= 4 is 17.6 Å². The lowest BCUT2D eigenvalue weighted by Crippen LogP contribution is -2.24. The van der Waals surface area contributed by atoms with Gasteiger partial charge in [-0.05, 0) is 13.0 Å². The van der Waals surface area contributed by atoms with Gasteiger partial charge in [0.1, 0.15) is 0 Å². The van der Waals surface area contributed by atoms with Crippen LogP contribution in [0, 0.1) is 22.5 Å². The Bertz CT molecular complexity index is 589. The summed E-state index contributed by atoms with van der Waals surface area (Å²) in [5.74, 6) is 0.872. The van der Waals surface area contributed by atoms with E-state index in [4.69, 9.17) is 11.2 Å². The molecule has 0 spiro atoms. The molecule has 1 N–H and O–H groups in total. The minimum absolute atomic E-state index is 0.0176. The predicted octanol–water partition coefficient (Wildman–Crippen LogP) is 1.13. The summed E-state index contributed by atoms with van der Waals surface area (Å²) >= 11 is 0. The minimum atomic E-state index is -0.734. The smallest absolute Gasteiger partial charge is 0.338 e. The lowest BCUT2D eigenvalue weighted by molar-refractivity contribution is -0.384. The molecule has 0 atom stereocenters. The van der Waals surface area contributed by atoms with Gasteiger partial charge in [0, 0.05) is 17.7 Å². The Balaban J connectivity index is 3.18. The molecule has 0 aromatic heterocycles. The zero-order chi connectivity index (χ0) is 15.1. The monoisotopic (exact) mass is 276 g/mol. The number of non-ortho nitro benzene ring substituents is 1. The van der Waals surface area contributed by atoms with Crippen molar-refractivity contribution in [3.63, 3.8) is 0 Å². The third-order valence-electron chi connectivity index (χ3n) is 2.25. The van der Waals surface area contributed by atoms with Gasteiger partial charge in [-0.1, -0.05) is 5.92 Å². The van der Waals surface area contributed by atoms with E-state index in [1.54, 1.807) is 6.92 Å². The van der Waals surface area contributed by atoms with E-state index in [0.717, 1.165) is 12.1 Å². The number of carbonyl (C=O) groups is 2. The average molecular weight is 276 g/mol. The molecule has 0 radical (unpaired) electrons. The second-order valence-corrected chi connectivity index (χ2v) is 3.63. The standard InChI is InChI=1S/C13H12N2O5/c1-3-5-14-12(16)9-6-10(13(17)20-4-2)8-11(7-9)15(18)19/h1,6-8H,4-5H2,2H3,(H,14,16). The second kappa shape index (κ2) is 6.89. The van der Waals surface area contributed by atoms with E-state index in [0.29, 0.717) is 0 Å². The number of nitrogens with zero attached hydrogens (tertiary/aromatic N) is 1. The van der Waals surface area contributed by atoms with Crippen molar-refractivity contribution in [1.82, 2.24) is 5.32 Å². The van der Waals surface area contributed by atoms with Crippen molar-refractivity contribution in [1.29, 1.82) is 0 Å². The molecule has 20 heavy (non-hydrogen) atoms. The Morgan fingerprint density at radius 2 is 2.05 bits per heavy atom. The van der Waals surface area contributed by atoms with Gasteiger partial charge < -0.3 is 10.1 Å². The molecule has 104 valence electrons. The van der Waals surface area contributed by atoms with Gasteiger partial charge in [0.25, 0.3) is 11.6 Å². The van der Waals surface area contributed by atoms with E-state index in [1.165, 1.54) is 6.07 Å². The molecule has 7 nitrogen and oxygen atoms in total. The van der Waals surface area contributed by atoms with Crippen molar-refractivity contribution in [2.45, 2.75) is 6.92 Å². The number of ether oxygens (including phenoxy) is 1. The molecule has 1 amide bonds. The average Bonchev–Trinajstić information content (AvgIpc) is 2.44. The van der Waals surface area contributed by atoms with E-state index in [2.05, 4.69) is 11.2 Å². The molecular formula is C13H12N2O5. The van der Waals surface area contributed by atoms with E-state index < -0.39 is 16.8 Å². The summed E-state index contributed by atoms with van der Waals surface area (Å²) in [6, 6.07) is 3.33. The maximum absolute atomic E-state index is 11.7. The zero-order valence-electron chi connectivity index (χ0n) is 10.7. The molecule has 0 unspecified atom stereocenters. The van der Waals surface area contributed by atoms with Crippen LogP contribution >= 0.6 is 0 Å². The number of carbonyl (C=O) groups excluding carboxylic acids is 2. The number of amides is 1. The first-order valence-corrected chi connectivity index (χ1v) is 5.67. The maximum atomic E-state index is 11.7. The highest BCUT2D eigenvalue weighted by atomic mass is 16.6. The van der Waals surface area contributed by atoms with Gasteiger partial charge in [0.05, 0.1) is 23.6 Å². The molecule has 0 aliphatic rings. The number of hydrogen-bond acceptors (Lipinski definition) is 5. The van der Waals surface area contributed by atoms with Gasteiger partial charge in [-0.3, -0.25) is 14.9 Å². The highest BCUT2D eigenvalue weighted by Gasteiger charge is 2.18. The fourth-order valence-corrected chi connectivity index (χ4v) is 1.41. The molecule has 1 aromatic rings. The van der Waals surface area contributed by atoms with Crippen LogP contribution in [0.2, 0.25) is 0 Å². The molecule has 1 rings (SSSR count). The van der Waals surface area contributed by atoms with Crippen molar-refractivity contribution in [3.8, 4) is 12.3 Å². The normalized spacial score (nSPS) is 9.40. The molecule has 0 heterocycles. The first-order chi connectivity index (χ1) is 9.49. The van der Waals surface area contributed by atoms with Crippen LogP contribution in [-0.2, 0) is 4.74 Å². The summed E-state index contributed by atoms with van der Waals surface area (Å²) in [7, 11) is 0. The molecule has 0 bridgehead atoms. The second-order valence-electron chi connectivity index (χ2n) is 3.63. The number of terminal acetylenes is 1. The van der Waals surface area contributed by atoms with Crippen LogP contribution in [0.4, 0.5) is 5.69 Å². The fraction of sp³-hybridized carbons (Fsp3) is 0.231. The Morgan fingerprint density at radius 3 is 2.60 bits per heavy atom. The molecule has 0 aliphatic carbocycles. The van der Waals surface area contributed by atoms with Gasteiger partial charge in [-0.25, -0.2) is 4.79 Å². The predicted molar refractivity (Wildman–Crippen MR) is 70.2 cm³/mol. The van der Waals surface area contributed by atoms with Crippen molar-refractivity contribution < 1.29 is 19.2 Å². The van der Waals surface area contributed by atoms with Gasteiger partial charge >= 0.3 is 5.97 Å². The summed E-state index contributed by atoms with van der Waals surface area (Å²) in [5.41, 5.74) is -0.467. The number of hydrogen-bond donors (Lipinski definition) is 1. The molecule has 0 saturated heterocycles. The molecule has 7 heteroatoms. The van der Waals surface area contributed by atoms with Crippen molar-refractivity contribution in [2.75, 3.05) is 13.2 Å². The maximum Gasteiger partial charge on any atom is 0.338 e. The Hall–Kier alpha value is -2.88.